The van der Waals surface area contributed by atoms with Crippen molar-refractivity contribution in [3.05, 3.63) is 53.6 Å². The van der Waals surface area contributed by atoms with E-state index in [0.717, 1.165) is 41.5 Å². The quantitative estimate of drug-likeness (QED) is 0.0598. The summed E-state index contributed by atoms with van der Waals surface area (Å²) in [5.74, 6) is 3.44. The first kappa shape index (κ1) is 56.8. The average molecular weight is 779 g/mol. The molecule has 7 nitrogen and oxygen atoms in total. The lowest BCUT2D eigenvalue weighted by molar-refractivity contribution is -0.0118. The number of rotatable bonds is 25. The first-order chi connectivity index (χ1) is 25.1. The molecule has 0 aromatic heterocycles. The molecule has 0 fully saturated rings. The van der Waals surface area contributed by atoms with Gasteiger partial charge in [-0.2, -0.15) is 0 Å². The molecule has 0 saturated heterocycles. The smallest absolute Gasteiger partial charge is 0.122 e. The molecular formula is C41H78O7S3. The highest BCUT2D eigenvalue weighted by Crippen LogP contribution is 2.27. The van der Waals surface area contributed by atoms with Crippen LogP contribution in [0.25, 0.3) is 0 Å². The van der Waals surface area contributed by atoms with Crippen LogP contribution in [0.5, 0.6) is 5.75 Å². The van der Waals surface area contributed by atoms with Crippen molar-refractivity contribution < 1.29 is 33.0 Å². The first-order valence-electron chi connectivity index (χ1n) is 19.3. The van der Waals surface area contributed by atoms with Gasteiger partial charge in [0.2, 0.25) is 0 Å². The third-order valence-electron chi connectivity index (χ3n) is 5.35. The van der Waals surface area contributed by atoms with Crippen LogP contribution in [-0.4, -0.2) is 94.5 Å². The van der Waals surface area contributed by atoms with Crippen LogP contribution in [0.4, 0.5) is 0 Å². The van der Waals surface area contributed by atoms with Gasteiger partial charge in [0.1, 0.15) is 12.4 Å². The fraction of sp³-hybridized carbons (Fsp3) is 0.707. The molecule has 0 aliphatic carbocycles. The van der Waals surface area contributed by atoms with Gasteiger partial charge in [-0.25, -0.2) is 0 Å². The Bertz CT molecular complexity index is 888. The molecule has 0 radical (unpaired) electrons. The molecule has 2 aromatic carbocycles. The Morgan fingerprint density at radius 3 is 1.31 bits per heavy atom. The molecule has 0 aliphatic heterocycles. The molecule has 2 aromatic rings. The van der Waals surface area contributed by atoms with Gasteiger partial charge in [-0.05, 0) is 61.3 Å². The van der Waals surface area contributed by atoms with Crippen molar-refractivity contribution in [2.75, 3.05) is 89.9 Å². The van der Waals surface area contributed by atoms with E-state index in [4.69, 9.17) is 33.0 Å². The highest BCUT2D eigenvalue weighted by Gasteiger charge is 2.05. The Balaban J connectivity index is -0.000000817. The molecule has 2 rings (SSSR count). The molecule has 302 valence electrons. The lowest BCUT2D eigenvalue weighted by Gasteiger charge is -2.12. The van der Waals surface area contributed by atoms with Crippen molar-refractivity contribution in [2.24, 2.45) is 0 Å². The zero-order valence-corrected chi connectivity index (χ0v) is 37.1. The second-order valence-corrected chi connectivity index (χ2v) is 12.8. The Morgan fingerprint density at radius 1 is 0.490 bits per heavy atom. The molecular weight excluding hydrogens is 701 g/mol. The van der Waals surface area contributed by atoms with Crippen LogP contribution in [0, 0.1) is 6.92 Å². The van der Waals surface area contributed by atoms with Crippen LogP contribution in [-0.2, 0) is 30.1 Å². The Labute approximate surface area is 328 Å². The van der Waals surface area contributed by atoms with E-state index in [1.165, 1.54) is 33.8 Å². The van der Waals surface area contributed by atoms with Gasteiger partial charge in [-0.15, -0.1) is 23.5 Å². The van der Waals surface area contributed by atoms with Crippen molar-refractivity contribution in [1.29, 1.82) is 0 Å². The Morgan fingerprint density at radius 2 is 0.882 bits per heavy atom. The number of ether oxygens (including phenoxy) is 6. The van der Waals surface area contributed by atoms with Crippen molar-refractivity contribution in [2.45, 2.75) is 112 Å². The molecule has 0 spiro atoms. The van der Waals surface area contributed by atoms with Crippen LogP contribution in [0.3, 0.4) is 0 Å². The van der Waals surface area contributed by atoms with E-state index in [0.29, 0.717) is 72.7 Å². The zero-order valence-electron chi connectivity index (χ0n) is 34.7. The molecule has 0 heterocycles. The summed E-state index contributed by atoms with van der Waals surface area (Å²) < 4.78 is 42.5. The first-order valence-corrected chi connectivity index (χ1v) is 22.2. The molecule has 0 unspecified atom stereocenters. The largest absolute Gasteiger partial charge is 0.491 e. The number of thioether (sulfide) groups is 2. The van der Waals surface area contributed by atoms with Crippen molar-refractivity contribution in [1.82, 2.24) is 0 Å². The van der Waals surface area contributed by atoms with Gasteiger partial charge in [-0.3, -0.25) is 0 Å². The number of hydrogen-bond acceptors (Lipinski definition) is 10. The second-order valence-electron chi connectivity index (χ2n) is 9.79. The summed E-state index contributed by atoms with van der Waals surface area (Å²) in [7, 11) is 0. The highest BCUT2D eigenvalue weighted by molar-refractivity contribution is 8.01. The average Bonchev–Trinajstić information content (AvgIpc) is 3.17. The van der Waals surface area contributed by atoms with Gasteiger partial charge < -0.3 is 33.0 Å². The lowest BCUT2D eigenvalue weighted by Crippen LogP contribution is -2.14. The fourth-order valence-electron chi connectivity index (χ4n) is 3.30. The summed E-state index contributed by atoms with van der Waals surface area (Å²) in [6.45, 7) is 30.8. The summed E-state index contributed by atoms with van der Waals surface area (Å²) in [5, 5.41) is 0. The second kappa shape index (κ2) is 51.2. The minimum absolute atomic E-state index is 0.501. The van der Waals surface area contributed by atoms with Crippen LogP contribution in [0.1, 0.15) is 100 Å². The SMILES string of the molecule is CC.CC.CC.CCC.CCC.CCc1cc(SCCSO)ccc1OCCOCCOCCOCCOCCOCCSc1ccc(C)cc1. The normalized spacial score (nSPS) is 9.67. The monoisotopic (exact) mass is 778 g/mol. The summed E-state index contributed by atoms with van der Waals surface area (Å²) in [5.41, 5.74) is 2.46. The third-order valence-corrected chi connectivity index (χ3v) is 7.96. The maximum atomic E-state index is 8.85. The van der Waals surface area contributed by atoms with Crippen LogP contribution in [0.2, 0.25) is 0 Å². The molecule has 0 bridgehead atoms. The summed E-state index contributed by atoms with van der Waals surface area (Å²) >= 11 is 4.42. The van der Waals surface area contributed by atoms with Gasteiger partial charge in [0.05, 0.1) is 66.1 Å². The molecule has 0 amide bonds. The predicted molar refractivity (Wildman–Crippen MR) is 229 cm³/mol. The van der Waals surface area contributed by atoms with Gasteiger partial charge >= 0.3 is 0 Å². The van der Waals surface area contributed by atoms with Crippen LogP contribution >= 0.6 is 35.6 Å². The molecule has 0 aliphatic rings. The van der Waals surface area contributed by atoms with E-state index >= 15 is 0 Å². The van der Waals surface area contributed by atoms with Gasteiger partial charge in [0.15, 0.2) is 0 Å². The van der Waals surface area contributed by atoms with Crippen LogP contribution < -0.4 is 4.74 Å². The predicted octanol–water partition coefficient (Wildman–Crippen LogP) is 12.0. The summed E-state index contributed by atoms with van der Waals surface area (Å²) in [6.07, 6.45) is 3.41. The molecule has 0 atom stereocenters. The number of benzene rings is 2. The van der Waals surface area contributed by atoms with Crippen molar-refractivity contribution >= 4 is 35.6 Å². The standard InChI is InChI=1S/C29H44O7S3.2C3H8.3C2H6/c1-3-26-24-28(38-22-23-39-30)8-9-29(26)36-19-18-34-15-14-32-11-10-31-12-13-33-16-17-35-20-21-37-27-6-4-25(2)5-7-27;2*1-3-2;3*1-2/h4-9,24,30H,3,10-23H2,1-2H3;2*3H2,1-2H3;3*1-2H3. The van der Waals surface area contributed by atoms with E-state index in [1.54, 1.807) is 23.5 Å². The maximum absolute atomic E-state index is 8.85. The third kappa shape index (κ3) is 41.7. The zero-order chi connectivity index (χ0) is 39.2. The minimum atomic E-state index is 0.501. The Hall–Kier alpha value is -0.950. The van der Waals surface area contributed by atoms with E-state index < -0.39 is 0 Å². The highest BCUT2D eigenvalue weighted by atomic mass is 32.2. The minimum Gasteiger partial charge on any atom is -0.491 e. The van der Waals surface area contributed by atoms with E-state index in [1.807, 2.05) is 47.6 Å². The van der Waals surface area contributed by atoms with Crippen LogP contribution in [0.15, 0.2) is 52.3 Å². The van der Waals surface area contributed by atoms with Crippen molar-refractivity contribution in [3.63, 3.8) is 0 Å². The summed E-state index contributed by atoms with van der Waals surface area (Å²) in [6, 6.07) is 14.8. The Kier molecular flexibility index (Phi) is 57.0. The van der Waals surface area contributed by atoms with Gasteiger partial charge in [0, 0.05) is 27.0 Å². The number of hydrogen-bond donors (Lipinski definition) is 1. The fourth-order valence-corrected chi connectivity index (χ4v) is 5.33. The number of aryl methyl sites for hydroxylation is 2. The van der Waals surface area contributed by atoms with E-state index in [9.17, 15) is 0 Å². The summed E-state index contributed by atoms with van der Waals surface area (Å²) in [4.78, 5) is 2.47. The molecule has 0 saturated carbocycles. The van der Waals surface area contributed by atoms with Gasteiger partial charge in [-0.1, -0.05) is 107 Å². The molecule has 1 N–H and O–H groups in total. The van der Waals surface area contributed by atoms with Crippen molar-refractivity contribution in [3.8, 4) is 5.75 Å². The van der Waals surface area contributed by atoms with E-state index in [2.05, 4.69) is 77.9 Å². The lowest BCUT2D eigenvalue weighted by atomic mass is 10.1. The van der Waals surface area contributed by atoms with Gasteiger partial charge in [0.25, 0.3) is 0 Å². The topological polar surface area (TPSA) is 75.6 Å². The van der Waals surface area contributed by atoms with E-state index in [-0.39, 0.29) is 0 Å². The molecule has 10 heteroatoms. The maximum Gasteiger partial charge on any atom is 0.122 e. The molecule has 51 heavy (non-hydrogen) atoms.